The minimum atomic E-state index is -0.557. The first kappa shape index (κ1) is 14.7. The molecule has 2 aromatic carbocycles. The quantitative estimate of drug-likeness (QED) is 0.673. The van der Waals surface area contributed by atoms with Crippen molar-refractivity contribution in [2.75, 3.05) is 7.11 Å². The summed E-state index contributed by atoms with van der Waals surface area (Å²) < 4.78 is 32.1. The maximum Gasteiger partial charge on any atom is 0.165 e. The minimum absolute atomic E-state index is 0.0189. The number of hydrogen-bond donors (Lipinski definition) is 2. The number of halogens is 3. The van der Waals surface area contributed by atoms with Crippen molar-refractivity contribution in [3.8, 4) is 5.75 Å². The highest BCUT2D eigenvalue weighted by molar-refractivity contribution is 6.30. The summed E-state index contributed by atoms with van der Waals surface area (Å²) in [6.07, 6.45) is 0. The second-order valence-electron chi connectivity index (χ2n) is 4.17. The van der Waals surface area contributed by atoms with Gasteiger partial charge in [0.05, 0.1) is 18.2 Å². The monoisotopic (exact) mass is 298 g/mol. The number of nitrogens with two attached hydrogens (primary N) is 1. The Morgan fingerprint density at radius 2 is 1.70 bits per heavy atom. The number of benzene rings is 2. The van der Waals surface area contributed by atoms with Crippen LogP contribution >= 0.6 is 11.6 Å². The molecule has 0 saturated carbocycles. The Balaban J connectivity index is 2.41. The second kappa shape index (κ2) is 6.17. The van der Waals surface area contributed by atoms with Gasteiger partial charge in [0, 0.05) is 0 Å². The van der Waals surface area contributed by atoms with Gasteiger partial charge in [-0.25, -0.2) is 14.2 Å². The number of rotatable bonds is 4. The zero-order valence-corrected chi connectivity index (χ0v) is 11.4. The van der Waals surface area contributed by atoms with Crippen LogP contribution in [0.25, 0.3) is 0 Å². The lowest BCUT2D eigenvalue weighted by Crippen LogP contribution is -2.29. The van der Waals surface area contributed by atoms with Crippen molar-refractivity contribution in [2.24, 2.45) is 5.84 Å². The molecular weight excluding hydrogens is 286 g/mol. The van der Waals surface area contributed by atoms with E-state index in [0.717, 1.165) is 0 Å². The van der Waals surface area contributed by atoms with E-state index in [2.05, 4.69) is 5.43 Å². The number of hydrazine groups is 1. The lowest BCUT2D eigenvalue weighted by atomic mass is 9.99. The second-order valence-corrected chi connectivity index (χ2v) is 4.57. The summed E-state index contributed by atoms with van der Waals surface area (Å²) in [5.41, 5.74) is 3.62. The van der Waals surface area contributed by atoms with Crippen molar-refractivity contribution < 1.29 is 13.5 Å². The van der Waals surface area contributed by atoms with Crippen LogP contribution in [0.1, 0.15) is 17.2 Å². The molecule has 0 saturated heterocycles. The maximum atomic E-state index is 13.7. The highest BCUT2D eigenvalue weighted by atomic mass is 35.5. The largest absolute Gasteiger partial charge is 0.494 e. The van der Waals surface area contributed by atoms with Crippen molar-refractivity contribution in [1.82, 2.24) is 5.43 Å². The molecular formula is C14H13ClF2N2O. The van der Waals surface area contributed by atoms with E-state index in [1.165, 1.54) is 31.4 Å². The van der Waals surface area contributed by atoms with E-state index in [9.17, 15) is 8.78 Å². The van der Waals surface area contributed by atoms with E-state index < -0.39 is 17.7 Å². The molecule has 0 amide bonds. The van der Waals surface area contributed by atoms with Crippen molar-refractivity contribution in [1.29, 1.82) is 0 Å². The van der Waals surface area contributed by atoms with Gasteiger partial charge in [-0.05, 0) is 35.4 Å². The maximum absolute atomic E-state index is 13.7. The lowest BCUT2D eigenvalue weighted by Gasteiger charge is -2.18. The summed E-state index contributed by atoms with van der Waals surface area (Å²) in [7, 11) is 1.38. The fourth-order valence-corrected chi connectivity index (χ4v) is 2.06. The van der Waals surface area contributed by atoms with Crippen LogP contribution in [0.2, 0.25) is 5.02 Å². The number of methoxy groups -OCH3 is 1. The highest BCUT2D eigenvalue weighted by Gasteiger charge is 2.16. The van der Waals surface area contributed by atoms with E-state index >= 15 is 0 Å². The van der Waals surface area contributed by atoms with Gasteiger partial charge in [-0.15, -0.1) is 0 Å². The first-order chi connectivity index (χ1) is 9.56. The highest BCUT2D eigenvalue weighted by Crippen LogP contribution is 2.27. The van der Waals surface area contributed by atoms with Gasteiger partial charge in [0.15, 0.2) is 11.6 Å². The summed E-state index contributed by atoms with van der Waals surface area (Å²) in [6, 6.07) is 8.18. The molecule has 0 bridgehead atoms. The fraction of sp³-hybridized carbons (Fsp3) is 0.143. The predicted molar refractivity (Wildman–Crippen MR) is 73.5 cm³/mol. The summed E-state index contributed by atoms with van der Waals surface area (Å²) >= 11 is 5.64. The Morgan fingerprint density at radius 1 is 1.10 bits per heavy atom. The average molecular weight is 299 g/mol. The molecule has 0 aromatic heterocycles. The summed E-state index contributed by atoms with van der Waals surface area (Å²) in [4.78, 5) is 0. The zero-order valence-electron chi connectivity index (χ0n) is 10.7. The molecule has 0 aliphatic carbocycles. The number of ether oxygens (including phenoxy) is 1. The van der Waals surface area contributed by atoms with Crippen LogP contribution in [0.4, 0.5) is 8.78 Å². The third kappa shape index (κ3) is 2.90. The van der Waals surface area contributed by atoms with E-state index in [1.54, 1.807) is 12.1 Å². The van der Waals surface area contributed by atoms with Crippen molar-refractivity contribution in [2.45, 2.75) is 6.04 Å². The van der Waals surface area contributed by atoms with Gasteiger partial charge in [0.1, 0.15) is 5.82 Å². The predicted octanol–water partition coefficient (Wildman–Crippen LogP) is 3.18. The Kier molecular flexibility index (Phi) is 4.54. The zero-order chi connectivity index (χ0) is 14.7. The molecule has 0 aliphatic rings. The molecule has 0 radical (unpaired) electrons. The number of nitrogens with one attached hydrogen (secondary N) is 1. The van der Waals surface area contributed by atoms with E-state index in [0.29, 0.717) is 11.1 Å². The van der Waals surface area contributed by atoms with Gasteiger partial charge in [0.2, 0.25) is 0 Å². The third-order valence-electron chi connectivity index (χ3n) is 2.95. The van der Waals surface area contributed by atoms with Crippen LogP contribution in [-0.4, -0.2) is 7.11 Å². The van der Waals surface area contributed by atoms with E-state index in [1.807, 2.05) is 0 Å². The molecule has 3 nitrogen and oxygen atoms in total. The third-order valence-corrected chi connectivity index (χ3v) is 3.26. The fourth-order valence-electron chi connectivity index (χ4n) is 1.94. The van der Waals surface area contributed by atoms with Crippen LogP contribution in [-0.2, 0) is 0 Å². The Labute approximate surface area is 120 Å². The molecule has 2 aromatic rings. The number of hydrogen-bond acceptors (Lipinski definition) is 3. The van der Waals surface area contributed by atoms with Crippen LogP contribution in [0, 0.1) is 11.6 Å². The smallest absolute Gasteiger partial charge is 0.165 e. The molecule has 0 heterocycles. The van der Waals surface area contributed by atoms with Crippen LogP contribution in [0.3, 0.4) is 0 Å². The van der Waals surface area contributed by atoms with Crippen LogP contribution in [0.15, 0.2) is 36.4 Å². The average Bonchev–Trinajstić information content (AvgIpc) is 2.44. The topological polar surface area (TPSA) is 47.3 Å². The lowest BCUT2D eigenvalue weighted by molar-refractivity contribution is 0.385. The molecule has 20 heavy (non-hydrogen) atoms. The van der Waals surface area contributed by atoms with Crippen molar-refractivity contribution in [3.05, 3.63) is 64.2 Å². The van der Waals surface area contributed by atoms with Crippen molar-refractivity contribution >= 4 is 11.6 Å². The molecule has 0 aliphatic heterocycles. The molecule has 1 unspecified atom stereocenters. The van der Waals surface area contributed by atoms with Gasteiger partial charge in [-0.3, -0.25) is 5.84 Å². The minimum Gasteiger partial charge on any atom is -0.494 e. The van der Waals surface area contributed by atoms with Gasteiger partial charge in [0.25, 0.3) is 0 Å². The Hall–Kier alpha value is -1.69. The van der Waals surface area contributed by atoms with Gasteiger partial charge in [-0.1, -0.05) is 23.7 Å². The summed E-state index contributed by atoms with van der Waals surface area (Å²) in [5.74, 6) is 4.55. The molecule has 6 heteroatoms. The summed E-state index contributed by atoms with van der Waals surface area (Å²) in [5, 5.41) is 0.0189. The van der Waals surface area contributed by atoms with Crippen molar-refractivity contribution in [3.63, 3.8) is 0 Å². The standard InChI is InChI=1S/C14H13ClF2N2O/c1-20-13-5-3-9(7-12(13)17)14(19-18)8-2-4-10(15)11(16)6-8/h2-7,14,19H,18H2,1H3. The molecule has 3 N–H and O–H groups in total. The first-order valence-electron chi connectivity index (χ1n) is 5.81. The van der Waals surface area contributed by atoms with Crippen LogP contribution < -0.4 is 16.0 Å². The van der Waals surface area contributed by atoms with Gasteiger partial charge >= 0.3 is 0 Å². The molecule has 0 fully saturated rings. The van der Waals surface area contributed by atoms with Crippen LogP contribution in [0.5, 0.6) is 5.75 Å². The first-order valence-corrected chi connectivity index (χ1v) is 6.19. The van der Waals surface area contributed by atoms with E-state index in [-0.39, 0.29) is 10.8 Å². The van der Waals surface area contributed by atoms with Gasteiger partial charge in [-0.2, -0.15) is 0 Å². The summed E-state index contributed by atoms with van der Waals surface area (Å²) in [6.45, 7) is 0. The molecule has 106 valence electrons. The normalized spacial score (nSPS) is 12.2. The van der Waals surface area contributed by atoms with E-state index in [4.69, 9.17) is 22.2 Å². The Bertz CT molecular complexity index is 622. The Morgan fingerprint density at radius 3 is 2.20 bits per heavy atom. The molecule has 1 atom stereocenters. The van der Waals surface area contributed by atoms with Gasteiger partial charge < -0.3 is 4.74 Å². The SMILES string of the molecule is COc1ccc(C(NN)c2ccc(Cl)c(F)c2)cc1F. The molecule has 0 spiro atoms. The molecule has 2 rings (SSSR count).